The summed E-state index contributed by atoms with van der Waals surface area (Å²) in [6.45, 7) is 6.02. The van der Waals surface area contributed by atoms with Crippen LogP contribution < -0.4 is 0 Å². The lowest BCUT2D eigenvalue weighted by atomic mass is 9.59. The minimum Gasteiger partial charge on any atom is -0.481 e. The van der Waals surface area contributed by atoms with Crippen LogP contribution in [0.4, 0.5) is 0 Å². The number of aliphatic carboxylic acids is 1. The van der Waals surface area contributed by atoms with Crippen molar-refractivity contribution in [1.82, 2.24) is 0 Å². The quantitative estimate of drug-likeness (QED) is 0.657. The van der Waals surface area contributed by atoms with Crippen LogP contribution in [0.15, 0.2) is 0 Å². The Balaban J connectivity index is 2.91. The molecule has 1 atom stereocenters. The van der Waals surface area contributed by atoms with Crippen LogP contribution in [-0.4, -0.2) is 11.1 Å². The number of carboxylic acids is 1. The highest BCUT2D eigenvalue weighted by molar-refractivity contribution is 5.75. The average molecular weight is 170 g/mol. The van der Waals surface area contributed by atoms with Crippen molar-refractivity contribution in [2.24, 2.45) is 10.8 Å². The topological polar surface area (TPSA) is 37.3 Å². The van der Waals surface area contributed by atoms with Gasteiger partial charge in [0.2, 0.25) is 0 Å². The van der Waals surface area contributed by atoms with Gasteiger partial charge in [0.1, 0.15) is 0 Å². The Kier molecular flexibility index (Phi) is 2.19. The predicted molar refractivity (Wildman–Crippen MR) is 48.0 cm³/mol. The molecule has 0 unspecified atom stereocenters. The molecule has 1 saturated carbocycles. The van der Waals surface area contributed by atoms with Crippen LogP contribution in [0, 0.1) is 10.8 Å². The summed E-state index contributed by atoms with van der Waals surface area (Å²) < 4.78 is 0. The van der Waals surface area contributed by atoms with Crippen molar-refractivity contribution in [3.05, 3.63) is 0 Å². The van der Waals surface area contributed by atoms with Gasteiger partial charge < -0.3 is 5.11 Å². The lowest BCUT2D eigenvalue weighted by Gasteiger charge is -2.44. The van der Waals surface area contributed by atoms with E-state index in [0.29, 0.717) is 0 Å². The zero-order valence-corrected chi connectivity index (χ0v) is 8.18. The lowest BCUT2D eigenvalue weighted by Crippen LogP contribution is -2.44. The molecule has 0 saturated heterocycles. The summed E-state index contributed by atoms with van der Waals surface area (Å²) in [6, 6.07) is 0. The maximum absolute atomic E-state index is 11.1. The summed E-state index contributed by atoms with van der Waals surface area (Å²) in [4.78, 5) is 11.1. The van der Waals surface area contributed by atoms with Crippen LogP contribution in [-0.2, 0) is 4.79 Å². The van der Waals surface area contributed by atoms with Gasteiger partial charge >= 0.3 is 5.97 Å². The first-order valence-electron chi connectivity index (χ1n) is 4.63. The van der Waals surface area contributed by atoms with Gasteiger partial charge in [0.15, 0.2) is 0 Å². The fourth-order valence-electron chi connectivity index (χ4n) is 2.06. The SMILES string of the molecule is CC1(C)CCCC[C@@]1(C)C(=O)O. The number of carboxylic acid groups (broad SMARTS) is 1. The predicted octanol–water partition coefficient (Wildman–Crippen LogP) is 2.68. The summed E-state index contributed by atoms with van der Waals surface area (Å²) in [7, 11) is 0. The highest BCUT2D eigenvalue weighted by Crippen LogP contribution is 2.50. The first-order valence-corrected chi connectivity index (χ1v) is 4.63. The summed E-state index contributed by atoms with van der Waals surface area (Å²) >= 11 is 0. The zero-order chi connectivity index (χ0) is 9.41. The van der Waals surface area contributed by atoms with Gasteiger partial charge in [-0.15, -0.1) is 0 Å². The van der Waals surface area contributed by atoms with E-state index < -0.39 is 11.4 Å². The minimum atomic E-state index is -0.632. The van der Waals surface area contributed by atoms with E-state index in [9.17, 15) is 4.79 Å². The Morgan fingerprint density at radius 2 is 1.67 bits per heavy atom. The molecule has 0 radical (unpaired) electrons. The highest BCUT2D eigenvalue weighted by atomic mass is 16.4. The maximum atomic E-state index is 11.1. The van der Waals surface area contributed by atoms with Gasteiger partial charge in [-0.25, -0.2) is 0 Å². The number of hydrogen-bond acceptors (Lipinski definition) is 1. The monoisotopic (exact) mass is 170 g/mol. The Hall–Kier alpha value is -0.530. The molecule has 1 fully saturated rings. The highest BCUT2D eigenvalue weighted by Gasteiger charge is 2.48. The van der Waals surface area contributed by atoms with Gasteiger partial charge in [-0.3, -0.25) is 4.79 Å². The smallest absolute Gasteiger partial charge is 0.309 e. The van der Waals surface area contributed by atoms with E-state index in [1.165, 1.54) is 6.42 Å². The number of hydrogen-bond donors (Lipinski definition) is 1. The number of carbonyl (C=O) groups is 1. The molecule has 1 N–H and O–H groups in total. The first-order chi connectivity index (χ1) is 5.40. The molecule has 2 heteroatoms. The van der Waals surface area contributed by atoms with Crippen molar-refractivity contribution in [3.8, 4) is 0 Å². The van der Waals surface area contributed by atoms with E-state index in [1.54, 1.807) is 0 Å². The first kappa shape index (κ1) is 9.56. The second-order valence-electron chi connectivity index (χ2n) is 4.73. The Morgan fingerprint density at radius 3 is 2.00 bits per heavy atom. The molecule has 0 amide bonds. The average Bonchev–Trinajstić information content (AvgIpc) is 1.95. The summed E-state index contributed by atoms with van der Waals surface area (Å²) in [5.74, 6) is -0.632. The van der Waals surface area contributed by atoms with E-state index in [2.05, 4.69) is 13.8 Å². The van der Waals surface area contributed by atoms with Crippen LogP contribution in [0.5, 0.6) is 0 Å². The van der Waals surface area contributed by atoms with Crippen molar-refractivity contribution >= 4 is 5.97 Å². The van der Waals surface area contributed by atoms with Gasteiger partial charge in [-0.1, -0.05) is 26.7 Å². The zero-order valence-electron chi connectivity index (χ0n) is 8.18. The minimum absolute atomic E-state index is 0.0446. The molecule has 12 heavy (non-hydrogen) atoms. The van der Waals surface area contributed by atoms with Gasteiger partial charge in [0.25, 0.3) is 0 Å². The van der Waals surface area contributed by atoms with Crippen molar-refractivity contribution in [1.29, 1.82) is 0 Å². The fourth-order valence-corrected chi connectivity index (χ4v) is 2.06. The molecule has 0 bridgehead atoms. The second kappa shape index (κ2) is 2.75. The summed E-state index contributed by atoms with van der Waals surface area (Å²) in [5, 5.41) is 9.13. The van der Waals surface area contributed by atoms with Crippen molar-refractivity contribution in [2.45, 2.75) is 46.5 Å². The standard InChI is InChI=1S/C10H18O2/c1-9(2)6-4-5-7-10(9,3)8(11)12/h4-7H2,1-3H3,(H,11,12)/t10-/m0/s1. The molecule has 0 aromatic carbocycles. The fraction of sp³-hybridized carbons (Fsp3) is 0.900. The third kappa shape index (κ3) is 1.23. The van der Waals surface area contributed by atoms with Crippen LogP contribution in [0.2, 0.25) is 0 Å². The van der Waals surface area contributed by atoms with E-state index in [0.717, 1.165) is 19.3 Å². The molecule has 1 aliphatic carbocycles. The van der Waals surface area contributed by atoms with E-state index in [1.807, 2.05) is 6.92 Å². The molecular formula is C10H18O2. The largest absolute Gasteiger partial charge is 0.481 e. The molecular weight excluding hydrogens is 152 g/mol. The molecule has 1 rings (SSSR count). The normalized spacial score (nSPS) is 34.6. The van der Waals surface area contributed by atoms with E-state index >= 15 is 0 Å². The molecule has 0 spiro atoms. The molecule has 0 aromatic heterocycles. The number of rotatable bonds is 1. The van der Waals surface area contributed by atoms with Gasteiger partial charge in [-0.05, 0) is 25.2 Å². The van der Waals surface area contributed by atoms with Crippen LogP contribution in [0.3, 0.4) is 0 Å². The molecule has 0 aromatic rings. The van der Waals surface area contributed by atoms with Crippen molar-refractivity contribution in [3.63, 3.8) is 0 Å². The molecule has 70 valence electrons. The summed E-state index contributed by atoms with van der Waals surface area (Å²) in [6.07, 6.45) is 4.10. The molecule has 0 heterocycles. The second-order valence-corrected chi connectivity index (χ2v) is 4.73. The third-order valence-corrected chi connectivity index (χ3v) is 3.69. The Bertz CT molecular complexity index is 196. The third-order valence-electron chi connectivity index (χ3n) is 3.69. The molecule has 2 nitrogen and oxygen atoms in total. The van der Waals surface area contributed by atoms with Crippen LogP contribution in [0.1, 0.15) is 46.5 Å². The Labute approximate surface area is 74.0 Å². The van der Waals surface area contributed by atoms with E-state index in [-0.39, 0.29) is 5.41 Å². The van der Waals surface area contributed by atoms with Gasteiger partial charge in [0.05, 0.1) is 5.41 Å². The van der Waals surface area contributed by atoms with Gasteiger partial charge in [-0.2, -0.15) is 0 Å². The molecule has 0 aliphatic heterocycles. The Morgan fingerprint density at radius 1 is 1.17 bits per heavy atom. The maximum Gasteiger partial charge on any atom is 0.309 e. The van der Waals surface area contributed by atoms with Crippen molar-refractivity contribution < 1.29 is 9.90 Å². The molecule has 1 aliphatic rings. The van der Waals surface area contributed by atoms with Gasteiger partial charge in [0, 0.05) is 0 Å². The van der Waals surface area contributed by atoms with Crippen molar-refractivity contribution in [2.75, 3.05) is 0 Å². The van der Waals surface area contributed by atoms with E-state index in [4.69, 9.17) is 5.11 Å². The van der Waals surface area contributed by atoms with Crippen LogP contribution in [0.25, 0.3) is 0 Å². The van der Waals surface area contributed by atoms with Crippen LogP contribution >= 0.6 is 0 Å². The summed E-state index contributed by atoms with van der Waals surface area (Å²) in [5.41, 5.74) is -0.553. The lowest BCUT2D eigenvalue weighted by molar-refractivity contribution is -0.158.